The second kappa shape index (κ2) is 4.54. The van der Waals surface area contributed by atoms with Gasteiger partial charge in [0.2, 0.25) is 0 Å². The number of alkyl halides is 3. The molecule has 84 valence electrons. The molecule has 0 saturated heterocycles. The minimum Gasteiger partial charge on any atom is -0.405 e. The second-order valence-electron chi connectivity index (χ2n) is 2.46. The van der Waals surface area contributed by atoms with Gasteiger partial charge in [-0.05, 0) is 15.9 Å². The summed E-state index contributed by atoms with van der Waals surface area (Å²) in [7, 11) is 0. The predicted octanol–water partition coefficient (Wildman–Crippen LogP) is 2.85. The minimum atomic E-state index is -4.78. The highest BCUT2D eigenvalue weighted by Crippen LogP contribution is 2.31. The summed E-state index contributed by atoms with van der Waals surface area (Å²) in [6, 6.07) is 1.06. The van der Waals surface area contributed by atoms with Crippen molar-refractivity contribution in [3.8, 4) is 5.75 Å². The molecule has 0 fully saturated rings. The van der Waals surface area contributed by atoms with Crippen LogP contribution >= 0.6 is 27.5 Å². The van der Waals surface area contributed by atoms with Gasteiger partial charge >= 0.3 is 6.36 Å². The molecule has 0 saturated carbocycles. The molecule has 8 heteroatoms. The lowest BCUT2D eigenvalue weighted by Gasteiger charge is -2.13. The Morgan fingerprint density at radius 1 is 1.53 bits per heavy atom. The van der Waals surface area contributed by atoms with Gasteiger partial charge < -0.3 is 10.5 Å². The number of pyridine rings is 1. The molecular formula is C7H5BrClF3N2O. The maximum absolute atomic E-state index is 12.0. The summed E-state index contributed by atoms with van der Waals surface area (Å²) >= 11 is 8.50. The molecule has 1 rings (SSSR count). The average Bonchev–Trinajstić information content (AvgIpc) is 1.99. The fourth-order valence-electron chi connectivity index (χ4n) is 0.891. The predicted molar refractivity (Wildman–Crippen MR) is 51.5 cm³/mol. The molecule has 0 spiro atoms. The highest BCUT2D eigenvalue weighted by molar-refractivity contribution is 9.10. The summed E-state index contributed by atoms with van der Waals surface area (Å²) in [6.07, 6.45) is -4.78. The van der Waals surface area contributed by atoms with Gasteiger partial charge in [0.25, 0.3) is 0 Å². The number of hydrogen-bond donors (Lipinski definition) is 1. The Balaban J connectivity index is 3.15. The molecule has 0 unspecified atom stereocenters. The fraction of sp³-hybridized carbons (Fsp3) is 0.286. The monoisotopic (exact) mass is 304 g/mol. The molecule has 3 nitrogen and oxygen atoms in total. The topological polar surface area (TPSA) is 48.1 Å². The van der Waals surface area contributed by atoms with Gasteiger partial charge in [-0.1, -0.05) is 11.6 Å². The molecular weight excluding hydrogens is 300 g/mol. The first kappa shape index (κ1) is 12.5. The molecule has 15 heavy (non-hydrogen) atoms. The number of ether oxygens (including phenoxy) is 1. The van der Waals surface area contributed by atoms with Crippen LogP contribution in [0.2, 0.25) is 5.15 Å². The molecule has 1 aromatic rings. The van der Waals surface area contributed by atoms with Crippen LogP contribution in [-0.4, -0.2) is 11.3 Å². The van der Waals surface area contributed by atoms with Gasteiger partial charge in [0.1, 0.15) is 15.5 Å². The van der Waals surface area contributed by atoms with Gasteiger partial charge in [-0.15, -0.1) is 13.2 Å². The minimum absolute atomic E-state index is 0.0113. The van der Waals surface area contributed by atoms with Gasteiger partial charge in [0.05, 0.1) is 0 Å². The van der Waals surface area contributed by atoms with E-state index in [0.29, 0.717) is 0 Å². The summed E-state index contributed by atoms with van der Waals surface area (Å²) in [6.45, 7) is -0.190. The number of aromatic nitrogens is 1. The first-order valence-corrected chi connectivity index (χ1v) is 4.81. The standard InChI is InChI=1S/C7H5BrClF3N2O/c8-5-1-4(15-7(10,11)12)3(2-13)6(9)14-5/h1H,2,13H2. The van der Waals surface area contributed by atoms with Crippen molar-refractivity contribution < 1.29 is 17.9 Å². The molecule has 0 aromatic carbocycles. The molecule has 0 atom stereocenters. The van der Waals surface area contributed by atoms with Crippen molar-refractivity contribution in [2.75, 3.05) is 0 Å². The van der Waals surface area contributed by atoms with Gasteiger partial charge in [0, 0.05) is 18.2 Å². The Morgan fingerprint density at radius 3 is 2.60 bits per heavy atom. The van der Waals surface area contributed by atoms with E-state index in [1.807, 2.05) is 0 Å². The van der Waals surface area contributed by atoms with Crippen molar-refractivity contribution in [1.29, 1.82) is 0 Å². The SMILES string of the molecule is NCc1c(OC(F)(F)F)cc(Br)nc1Cl. The first-order valence-electron chi connectivity index (χ1n) is 3.64. The van der Waals surface area contributed by atoms with E-state index in [0.717, 1.165) is 6.07 Å². The summed E-state index contributed by atoms with van der Waals surface area (Å²) < 4.78 is 39.8. The Morgan fingerprint density at radius 2 is 2.13 bits per heavy atom. The van der Waals surface area contributed by atoms with Crippen molar-refractivity contribution >= 4 is 27.5 Å². The molecule has 2 N–H and O–H groups in total. The Labute approximate surface area is 96.5 Å². The van der Waals surface area contributed by atoms with Crippen molar-refractivity contribution in [2.45, 2.75) is 12.9 Å². The molecule has 1 heterocycles. The zero-order valence-electron chi connectivity index (χ0n) is 7.11. The molecule has 0 aliphatic heterocycles. The van der Waals surface area contributed by atoms with Crippen molar-refractivity contribution in [2.24, 2.45) is 5.73 Å². The van der Waals surface area contributed by atoms with Crippen LogP contribution in [0.15, 0.2) is 10.7 Å². The third-order valence-electron chi connectivity index (χ3n) is 1.43. The second-order valence-corrected chi connectivity index (χ2v) is 3.63. The normalized spacial score (nSPS) is 11.6. The van der Waals surface area contributed by atoms with E-state index in [2.05, 4.69) is 25.7 Å². The van der Waals surface area contributed by atoms with E-state index < -0.39 is 12.1 Å². The molecule has 0 radical (unpaired) electrons. The number of rotatable bonds is 2. The van der Waals surface area contributed by atoms with Gasteiger partial charge in [-0.3, -0.25) is 0 Å². The van der Waals surface area contributed by atoms with Gasteiger partial charge in [-0.2, -0.15) is 0 Å². The Hall–Kier alpha value is -0.530. The van der Waals surface area contributed by atoms with Crippen molar-refractivity contribution in [1.82, 2.24) is 4.98 Å². The zero-order chi connectivity index (χ0) is 11.6. The lowest BCUT2D eigenvalue weighted by atomic mass is 10.2. The van der Waals surface area contributed by atoms with Crippen LogP contribution in [0.3, 0.4) is 0 Å². The van der Waals surface area contributed by atoms with Crippen LogP contribution in [0.5, 0.6) is 5.75 Å². The van der Waals surface area contributed by atoms with Gasteiger partial charge in [-0.25, -0.2) is 4.98 Å². The van der Waals surface area contributed by atoms with E-state index in [1.165, 1.54) is 0 Å². The van der Waals surface area contributed by atoms with E-state index >= 15 is 0 Å². The van der Waals surface area contributed by atoms with E-state index in [1.54, 1.807) is 0 Å². The average molecular weight is 305 g/mol. The summed E-state index contributed by atoms with van der Waals surface area (Å²) in [5.74, 6) is -0.447. The number of nitrogens with zero attached hydrogens (tertiary/aromatic N) is 1. The molecule has 0 aliphatic rings. The van der Waals surface area contributed by atoms with Crippen LogP contribution < -0.4 is 10.5 Å². The maximum atomic E-state index is 12.0. The Kier molecular flexibility index (Phi) is 3.80. The molecule has 1 aromatic heterocycles. The summed E-state index contributed by atoms with van der Waals surface area (Å²) in [5.41, 5.74) is 5.24. The smallest absolute Gasteiger partial charge is 0.405 e. The summed E-state index contributed by atoms with van der Waals surface area (Å²) in [5, 5.41) is -0.119. The molecule has 0 amide bonds. The highest BCUT2D eigenvalue weighted by Gasteiger charge is 2.32. The van der Waals surface area contributed by atoms with Crippen LogP contribution in [0.25, 0.3) is 0 Å². The zero-order valence-corrected chi connectivity index (χ0v) is 9.45. The van der Waals surface area contributed by atoms with Crippen molar-refractivity contribution in [3.63, 3.8) is 0 Å². The largest absolute Gasteiger partial charge is 0.573 e. The lowest BCUT2D eigenvalue weighted by molar-refractivity contribution is -0.274. The van der Waals surface area contributed by atoms with Gasteiger partial charge in [0.15, 0.2) is 0 Å². The Bertz CT molecular complexity index is 372. The van der Waals surface area contributed by atoms with Crippen LogP contribution in [0.1, 0.15) is 5.56 Å². The first-order chi connectivity index (χ1) is 6.83. The highest BCUT2D eigenvalue weighted by atomic mass is 79.9. The quantitative estimate of drug-likeness (QED) is 0.855. The third-order valence-corrected chi connectivity index (χ3v) is 2.15. The number of hydrogen-bond acceptors (Lipinski definition) is 3. The van der Waals surface area contributed by atoms with E-state index in [-0.39, 0.29) is 21.9 Å². The lowest BCUT2D eigenvalue weighted by Crippen LogP contribution is -2.19. The van der Waals surface area contributed by atoms with E-state index in [4.69, 9.17) is 17.3 Å². The van der Waals surface area contributed by atoms with Crippen LogP contribution in [-0.2, 0) is 6.54 Å². The van der Waals surface area contributed by atoms with Crippen molar-refractivity contribution in [3.05, 3.63) is 21.4 Å². The van der Waals surface area contributed by atoms with Crippen LogP contribution in [0.4, 0.5) is 13.2 Å². The molecule has 0 aliphatic carbocycles. The molecule has 0 bridgehead atoms. The number of halogens is 5. The van der Waals surface area contributed by atoms with Crippen LogP contribution in [0, 0.1) is 0 Å². The maximum Gasteiger partial charge on any atom is 0.573 e. The van der Waals surface area contributed by atoms with E-state index in [9.17, 15) is 13.2 Å². The fourth-order valence-corrected chi connectivity index (χ4v) is 1.64. The number of nitrogens with two attached hydrogens (primary N) is 1. The summed E-state index contributed by atoms with van der Waals surface area (Å²) in [4.78, 5) is 3.69. The third kappa shape index (κ3) is 3.51.